The van der Waals surface area contributed by atoms with Crippen molar-refractivity contribution in [1.29, 1.82) is 0 Å². The van der Waals surface area contributed by atoms with Crippen molar-refractivity contribution in [3.63, 3.8) is 0 Å². The van der Waals surface area contributed by atoms with Gasteiger partial charge in [-0.05, 0) is 45.3 Å². The highest BCUT2D eigenvalue weighted by atomic mass is 79.9. The Labute approximate surface area is 136 Å². The summed E-state index contributed by atoms with van der Waals surface area (Å²) in [5.74, 6) is 1.08. The Morgan fingerprint density at radius 3 is 2.38 bits per heavy atom. The van der Waals surface area contributed by atoms with Gasteiger partial charge < -0.3 is 4.74 Å². The zero-order valence-electron chi connectivity index (χ0n) is 11.0. The van der Waals surface area contributed by atoms with E-state index in [1.807, 2.05) is 60.7 Å². The molecule has 0 bridgehead atoms. The smallest absolute Gasteiger partial charge is 0.220 e. The zero-order valence-corrected chi connectivity index (χ0v) is 13.3. The van der Waals surface area contributed by atoms with Crippen LogP contribution in [0.5, 0.6) is 11.6 Å². The van der Waals surface area contributed by atoms with E-state index < -0.39 is 0 Å². The highest BCUT2D eigenvalue weighted by molar-refractivity contribution is 9.10. The topological polar surface area (TPSA) is 22.1 Å². The number of hydrogen-bond acceptors (Lipinski definition) is 2. The van der Waals surface area contributed by atoms with Gasteiger partial charge in [0.25, 0.3) is 0 Å². The molecule has 0 amide bonds. The Kier molecular flexibility index (Phi) is 4.23. The second-order valence-corrected chi connectivity index (χ2v) is 5.63. The van der Waals surface area contributed by atoms with E-state index >= 15 is 0 Å². The SMILES string of the molecule is Clc1cc(-c2ccccc2)ccc1Oc1cccc(Br)n1. The Morgan fingerprint density at radius 1 is 0.857 bits per heavy atom. The third-order valence-corrected chi connectivity index (χ3v) is 3.68. The number of halogens is 2. The second kappa shape index (κ2) is 6.29. The lowest BCUT2D eigenvalue weighted by Gasteiger charge is -2.09. The highest BCUT2D eigenvalue weighted by Gasteiger charge is 2.07. The molecule has 0 aliphatic heterocycles. The molecule has 0 aliphatic carbocycles. The van der Waals surface area contributed by atoms with Gasteiger partial charge in [0.05, 0.1) is 5.02 Å². The van der Waals surface area contributed by atoms with E-state index in [0.29, 0.717) is 16.7 Å². The standard InChI is InChI=1S/C17H11BrClNO/c18-16-7-4-8-17(20-16)21-15-10-9-13(11-14(15)19)12-5-2-1-3-6-12/h1-11H. The van der Waals surface area contributed by atoms with Gasteiger partial charge in [-0.2, -0.15) is 0 Å². The fourth-order valence-corrected chi connectivity index (χ4v) is 2.50. The van der Waals surface area contributed by atoms with Crippen molar-refractivity contribution in [1.82, 2.24) is 4.98 Å². The van der Waals surface area contributed by atoms with Crippen LogP contribution in [-0.4, -0.2) is 4.98 Å². The van der Waals surface area contributed by atoms with Gasteiger partial charge >= 0.3 is 0 Å². The van der Waals surface area contributed by atoms with Crippen LogP contribution >= 0.6 is 27.5 Å². The van der Waals surface area contributed by atoms with Gasteiger partial charge in [-0.15, -0.1) is 0 Å². The summed E-state index contributed by atoms with van der Waals surface area (Å²) in [6.45, 7) is 0. The van der Waals surface area contributed by atoms with Crippen molar-refractivity contribution >= 4 is 27.5 Å². The van der Waals surface area contributed by atoms with Crippen LogP contribution < -0.4 is 4.74 Å². The molecule has 0 spiro atoms. The second-order valence-electron chi connectivity index (χ2n) is 4.41. The van der Waals surface area contributed by atoms with Crippen molar-refractivity contribution in [2.24, 2.45) is 0 Å². The Bertz CT molecular complexity index is 762. The summed E-state index contributed by atoms with van der Waals surface area (Å²) in [5, 5.41) is 0.554. The number of aromatic nitrogens is 1. The average molecular weight is 361 g/mol. The molecule has 2 aromatic carbocycles. The van der Waals surface area contributed by atoms with Gasteiger partial charge in [0.2, 0.25) is 5.88 Å². The van der Waals surface area contributed by atoms with Crippen LogP contribution in [0.2, 0.25) is 5.02 Å². The highest BCUT2D eigenvalue weighted by Crippen LogP contribution is 2.33. The fraction of sp³-hybridized carbons (Fsp3) is 0. The lowest BCUT2D eigenvalue weighted by atomic mass is 10.1. The Morgan fingerprint density at radius 2 is 1.67 bits per heavy atom. The monoisotopic (exact) mass is 359 g/mol. The lowest BCUT2D eigenvalue weighted by molar-refractivity contribution is 0.462. The molecule has 104 valence electrons. The Balaban J connectivity index is 1.88. The number of nitrogens with zero attached hydrogens (tertiary/aromatic N) is 1. The Hall–Kier alpha value is -1.84. The van der Waals surface area contributed by atoms with Crippen molar-refractivity contribution in [3.8, 4) is 22.8 Å². The number of rotatable bonds is 3. The minimum Gasteiger partial charge on any atom is -0.437 e. The maximum Gasteiger partial charge on any atom is 0.220 e. The van der Waals surface area contributed by atoms with E-state index in [0.717, 1.165) is 15.7 Å². The molecule has 0 aliphatic rings. The largest absolute Gasteiger partial charge is 0.437 e. The summed E-state index contributed by atoms with van der Waals surface area (Å²) in [6, 6.07) is 21.3. The van der Waals surface area contributed by atoms with Crippen LogP contribution in [0.1, 0.15) is 0 Å². The molecular weight excluding hydrogens is 350 g/mol. The van der Waals surface area contributed by atoms with Gasteiger partial charge in [0, 0.05) is 6.07 Å². The predicted molar refractivity (Wildman–Crippen MR) is 88.9 cm³/mol. The van der Waals surface area contributed by atoms with Crippen LogP contribution in [0.3, 0.4) is 0 Å². The molecule has 0 atom stereocenters. The van der Waals surface area contributed by atoms with Crippen molar-refractivity contribution in [2.45, 2.75) is 0 Å². The van der Waals surface area contributed by atoms with E-state index in [9.17, 15) is 0 Å². The van der Waals surface area contributed by atoms with Gasteiger partial charge in [-0.3, -0.25) is 0 Å². The van der Waals surface area contributed by atoms with Crippen molar-refractivity contribution in [3.05, 3.63) is 76.4 Å². The van der Waals surface area contributed by atoms with Crippen LogP contribution in [0.4, 0.5) is 0 Å². The van der Waals surface area contributed by atoms with E-state index in [-0.39, 0.29) is 0 Å². The molecule has 4 heteroatoms. The average Bonchev–Trinajstić information content (AvgIpc) is 2.50. The first-order valence-corrected chi connectivity index (χ1v) is 7.55. The number of ether oxygens (including phenoxy) is 1. The quantitative estimate of drug-likeness (QED) is 0.538. The van der Waals surface area contributed by atoms with Crippen LogP contribution in [0.15, 0.2) is 71.3 Å². The normalized spacial score (nSPS) is 10.4. The molecule has 1 aromatic heterocycles. The van der Waals surface area contributed by atoms with Gasteiger partial charge in [-0.1, -0.05) is 54.1 Å². The first-order valence-electron chi connectivity index (χ1n) is 6.38. The fourth-order valence-electron chi connectivity index (χ4n) is 1.95. The number of hydrogen-bond donors (Lipinski definition) is 0. The minimum atomic E-state index is 0.499. The van der Waals surface area contributed by atoms with Gasteiger partial charge in [0.1, 0.15) is 10.4 Å². The summed E-state index contributed by atoms with van der Waals surface area (Å²) in [4.78, 5) is 4.23. The minimum absolute atomic E-state index is 0.499. The molecule has 3 rings (SSSR count). The zero-order chi connectivity index (χ0) is 14.7. The van der Waals surface area contributed by atoms with E-state index in [2.05, 4.69) is 20.9 Å². The van der Waals surface area contributed by atoms with Crippen molar-refractivity contribution in [2.75, 3.05) is 0 Å². The maximum atomic E-state index is 6.30. The molecule has 2 nitrogen and oxygen atoms in total. The summed E-state index contributed by atoms with van der Waals surface area (Å²) in [7, 11) is 0. The van der Waals surface area contributed by atoms with Crippen LogP contribution in [0, 0.1) is 0 Å². The molecule has 1 heterocycles. The van der Waals surface area contributed by atoms with Crippen molar-refractivity contribution < 1.29 is 4.74 Å². The summed E-state index contributed by atoms with van der Waals surface area (Å²) >= 11 is 9.62. The molecule has 0 unspecified atom stereocenters. The summed E-state index contributed by atoms with van der Waals surface area (Å²) in [6.07, 6.45) is 0. The third kappa shape index (κ3) is 3.43. The molecule has 0 saturated carbocycles. The molecule has 0 saturated heterocycles. The van der Waals surface area contributed by atoms with Crippen LogP contribution in [0.25, 0.3) is 11.1 Å². The summed E-state index contributed by atoms with van der Waals surface area (Å²) in [5.41, 5.74) is 2.17. The molecule has 0 fully saturated rings. The van der Waals surface area contributed by atoms with Gasteiger partial charge in [0.15, 0.2) is 0 Å². The van der Waals surface area contributed by atoms with E-state index in [1.54, 1.807) is 6.07 Å². The van der Waals surface area contributed by atoms with Crippen LogP contribution in [-0.2, 0) is 0 Å². The van der Waals surface area contributed by atoms with Gasteiger partial charge in [-0.25, -0.2) is 4.98 Å². The molecule has 3 aromatic rings. The molecule has 0 radical (unpaired) electrons. The summed E-state index contributed by atoms with van der Waals surface area (Å²) < 4.78 is 6.43. The molecular formula is C17H11BrClNO. The maximum absolute atomic E-state index is 6.30. The first kappa shape index (κ1) is 14.1. The number of pyridine rings is 1. The van der Waals surface area contributed by atoms with E-state index in [1.165, 1.54) is 0 Å². The third-order valence-electron chi connectivity index (χ3n) is 2.94. The van der Waals surface area contributed by atoms with E-state index in [4.69, 9.17) is 16.3 Å². The number of benzene rings is 2. The first-order chi connectivity index (χ1) is 10.2. The molecule has 0 N–H and O–H groups in total. The predicted octanol–water partition coefficient (Wildman–Crippen LogP) is 5.96. The molecule has 21 heavy (non-hydrogen) atoms. The lowest BCUT2D eigenvalue weighted by Crippen LogP contribution is -1.89.